The van der Waals surface area contributed by atoms with Gasteiger partial charge < -0.3 is 28.7 Å². The zero-order valence-corrected chi connectivity index (χ0v) is 20.3. The number of furan rings is 1. The third-order valence-electron chi connectivity index (χ3n) is 4.81. The molecule has 37 heavy (non-hydrogen) atoms. The maximum absolute atomic E-state index is 12.8. The van der Waals surface area contributed by atoms with E-state index < -0.39 is 47.2 Å². The lowest BCUT2D eigenvalue weighted by atomic mass is 10.1. The summed E-state index contributed by atoms with van der Waals surface area (Å²) in [4.78, 5) is 60.3. The first kappa shape index (κ1) is 26.7. The van der Waals surface area contributed by atoms with Crippen LogP contribution in [0.5, 0.6) is 11.5 Å². The fourth-order valence-electron chi connectivity index (χ4n) is 3.26. The third kappa shape index (κ3) is 6.22. The van der Waals surface area contributed by atoms with Crippen LogP contribution in [-0.2, 0) is 25.6 Å². The Kier molecular flexibility index (Phi) is 8.12. The van der Waals surface area contributed by atoms with Crippen molar-refractivity contribution < 1.29 is 47.5 Å². The van der Waals surface area contributed by atoms with Crippen LogP contribution in [-0.4, -0.2) is 60.6 Å². The second-order valence-electron chi connectivity index (χ2n) is 7.79. The molecular formula is C23H23N3O11. The number of rotatable bonds is 10. The molecule has 1 N–H and O–H groups in total. The largest absolute Gasteiger partial charge is 0.493 e. The van der Waals surface area contributed by atoms with E-state index in [1.807, 2.05) is 0 Å². The molecule has 14 nitrogen and oxygen atoms in total. The molecule has 0 spiro atoms. The van der Waals surface area contributed by atoms with Crippen molar-refractivity contribution in [1.82, 2.24) is 10.2 Å². The number of carbonyl (C=O) groups is 4. The van der Waals surface area contributed by atoms with Crippen LogP contribution in [0.4, 0.5) is 10.5 Å². The Balaban J connectivity index is 1.84. The molecule has 0 bridgehead atoms. The quantitative estimate of drug-likeness (QED) is 0.161. The number of hydrogen-bond donors (Lipinski definition) is 1. The molecule has 1 aliphatic heterocycles. The SMILES string of the molecule is COC(=O)c1ccc(CN2C(=O)N/C(=C\c3cc(OC)c(OCC(=O)OC(C)C)c([N+](=O)[O-])c3)C2=O)o1. The third-order valence-corrected chi connectivity index (χ3v) is 4.81. The molecule has 3 amide bonds. The van der Waals surface area contributed by atoms with E-state index >= 15 is 0 Å². The lowest BCUT2D eigenvalue weighted by molar-refractivity contribution is -0.385. The van der Waals surface area contributed by atoms with Crippen molar-refractivity contribution in [2.75, 3.05) is 20.8 Å². The fourth-order valence-corrected chi connectivity index (χ4v) is 3.26. The molecule has 0 unspecified atom stereocenters. The van der Waals surface area contributed by atoms with E-state index in [1.165, 1.54) is 38.5 Å². The van der Waals surface area contributed by atoms with Gasteiger partial charge in [0.15, 0.2) is 12.4 Å². The van der Waals surface area contributed by atoms with Crippen molar-refractivity contribution in [2.24, 2.45) is 0 Å². The van der Waals surface area contributed by atoms with Crippen molar-refractivity contribution in [2.45, 2.75) is 26.5 Å². The second kappa shape index (κ2) is 11.2. The summed E-state index contributed by atoms with van der Waals surface area (Å²) in [5.41, 5.74) is -0.574. The Morgan fingerprint density at radius 3 is 2.57 bits per heavy atom. The Hall–Kier alpha value is -4.88. The monoisotopic (exact) mass is 517 g/mol. The highest BCUT2D eigenvalue weighted by molar-refractivity contribution is 6.13. The summed E-state index contributed by atoms with van der Waals surface area (Å²) in [5.74, 6) is -2.52. The standard InChI is InChI=1S/C23H23N3O11/c1-12(2)36-19(27)11-35-20-16(26(31)32)8-13(9-18(20)33-3)7-15-21(28)25(23(30)24-15)10-14-5-6-17(37-14)22(29)34-4/h5-9,12H,10-11H2,1-4H3,(H,24,30)/b15-7-. The molecule has 0 radical (unpaired) electrons. The number of nitro benzene ring substituents is 1. The van der Waals surface area contributed by atoms with Crippen LogP contribution in [0, 0.1) is 10.1 Å². The Labute approximate surface area is 209 Å². The molecule has 1 aromatic heterocycles. The summed E-state index contributed by atoms with van der Waals surface area (Å²) in [6, 6.07) is 4.42. The number of urea groups is 1. The maximum atomic E-state index is 12.8. The van der Waals surface area contributed by atoms with Crippen LogP contribution in [0.3, 0.4) is 0 Å². The van der Waals surface area contributed by atoms with Crippen LogP contribution in [0.25, 0.3) is 6.08 Å². The number of nitrogens with zero attached hydrogens (tertiary/aromatic N) is 2. The van der Waals surface area contributed by atoms with Gasteiger partial charge in [-0.15, -0.1) is 0 Å². The Morgan fingerprint density at radius 2 is 1.95 bits per heavy atom. The maximum Gasteiger partial charge on any atom is 0.373 e. The fraction of sp³-hybridized carbons (Fsp3) is 0.304. The van der Waals surface area contributed by atoms with Crippen molar-refractivity contribution in [1.29, 1.82) is 0 Å². The summed E-state index contributed by atoms with van der Waals surface area (Å²) in [6.45, 7) is 2.41. The molecule has 196 valence electrons. The number of esters is 2. The van der Waals surface area contributed by atoms with Gasteiger partial charge in [0.25, 0.3) is 5.91 Å². The Bertz CT molecular complexity index is 1280. The Morgan fingerprint density at radius 1 is 1.22 bits per heavy atom. The van der Waals surface area contributed by atoms with Crippen molar-refractivity contribution in [3.05, 3.63) is 57.2 Å². The van der Waals surface area contributed by atoms with Gasteiger partial charge in [-0.25, -0.2) is 14.4 Å². The number of carbonyl (C=O) groups excluding carboxylic acids is 4. The van der Waals surface area contributed by atoms with E-state index in [1.54, 1.807) is 13.8 Å². The highest BCUT2D eigenvalue weighted by atomic mass is 16.6. The van der Waals surface area contributed by atoms with Gasteiger partial charge in [0.05, 0.1) is 31.8 Å². The van der Waals surface area contributed by atoms with E-state index in [0.717, 1.165) is 11.0 Å². The smallest absolute Gasteiger partial charge is 0.373 e. The lowest BCUT2D eigenvalue weighted by Crippen LogP contribution is -2.30. The number of nitrogens with one attached hydrogen (secondary N) is 1. The van der Waals surface area contributed by atoms with E-state index in [9.17, 15) is 29.3 Å². The number of imide groups is 1. The van der Waals surface area contributed by atoms with Crippen molar-refractivity contribution >= 4 is 35.6 Å². The summed E-state index contributed by atoms with van der Waals surface area (Å²) in [5, 5.41) is 14.1. The summed E-state index contributed by atoms with van der Waals surface area (Å²) < 4.78 is 25.3. The first-order valence-corrected chi connectivity index (χ1v) is 10.7. The minimum Gasteiger partial charge on any atom is -0.493 e. The second-order valence-corrected chi connectivity index (χ2v) is 7.79. The van der Waals surface area contributed by atoms with Gasteiger partial charge in [-0.05, 0) is 43.7 Å². The number of hydrogen-bond acceptors (Lipinski definition) is 11. The van der Waals surface area contributed by atoms with Crippen molar-refractivity contribution in [3.8, 4) is 11.5 Å². The molecule has 1 aliphatic rings. The minimum absolute atomic E-state index is 0.0852. The zero-order valence-electron chi connectivity index (χ0n) is 20.3. The van der Waals surface area contributed by atoms with Gasteiger partial charge in [-0.2, -0.15) is 0 Å². The van der Waals surface area contributed by atoms with Gasteiger partial charge in [-0.1, -0.05) is 0 Å². The highest BCUT2D eigenvalue weighted by Crippen LogP contribution is 2.39. The first-order chi connectivity index (χ1) is 17.5. The van der Waals surface area contributed by atoms with E-state index in [4.69, 9.17) is 18.6 Å². The van der Waals surface area contributed by atoms with Crippen LogP contribution in [0.1, 0.15) is 35.7 Å². The average molecular weight is 517 g/mol. The van der Waals surface area contributed by atoms with E-state index in [-0.39, 0.29) is 40.8 Å². The van der Waals surface area contributed by atoms with Gasteiger partial charge in [0, 0.05) is 6.07 Å². The first-order valence-electron chi connectivity index (χ1n) is 10.7. The molecule has 0 saturated carbocycles. The van der Waals surface area contributed by atoms with Gasteiger partial charge in [-0.3, -0.25) is 19.8 Å². The van der Waals surface area contributed by atoms with Gasteiger partial charge in [0.1, 0.15) is 11.5 Å². The predicted molar refractivity (Wildman–Crippen MR) is 123 cm³/mol. The molecule has 1 aromatic carbocycles. The van der Waals surface area contributed by atoms with E-state index in [2.05, 4.69) is 10.1 Å². The number of methoxy groups -OCH3 is 2. The minimum atomic E-state index is -0.766. The molecule has 2 aromatic rings. The number of benzene rings is 1. The molecule has 0 atom stereocenters. The van der Waals surface area contributed by atoms with E-state index in [0.29, 0.717) is 0 Å². The van der Waals surface area contributed by atoms with Gasteiger partial charge >= 0.3 is 23.7 Å². The van der Waals surface area contributed by atoms with Crippen LogP contribution < -0.4 is 14.8 Å². The van der Waals surface area contributed by atoms with Crippen molar-refractivity contribution in [3.63, 3.8) is 0 Å². The number of amides is 3. The summed E-state index contributed by atoms with van der Waals surface area (Å²) in [6.07, 6.45) is 0.817. The summed E-state index contributed by atoms with van der Waals surface area (Å²) in [7, 11) is 2.42. The molecule has 0 aliphatic carbocycles. The number of ether oxygens (including phenoxy) is 4. The normalized spacial score (nSPS) is 14.1. The van der Waals surface area contributed by atoms with Crippen LogP contribution >= 0.6 is 0 Å². The highest BCUT2D eigenvalue weighted by Gasteiger charge is 2.35. The van der Waals surface area contributed by atoms with Crippen LogP contribution in [0.15, 0.2) is 34.4 Å². The molecular weight excluding hydrogens is 494 g/mol. The topological polar surface area (TPSA) is 177 Å². The lowest BCUT2D eigenvalue weighted by Gasteiger charge is -2.13. The van der Waals surface area contributed by atoms with Crippen LogP contribution in [0.2, 0.25) is 0 Å². The molecule has 14 heteroatoms. The van der Waals surface area contributed by atoms with Gasteiger partial charge in [0.2, 0.25) is 11.5 Å². The average Bonchev–Trinajstić information content (AvgIpc) is 3.42. The molecule has 1 fully saturated rings. The number of nitro groups is 1. The molecule has 2 heterocycles. The molecule has 1 saturated heterocycles. The predicted octanol–water partition coefficient (Wildman–Crippen LogP) is 2.41. The zero-order chi connectivity index (χ0) is 27.3. The summed E-state index contributed by atoms with van der Waals surface area (Å²) >= 11 is 0. The molecule has 3 rings (SSSR count).